The lowest BCUT2D eigenvalue weighted by Crippen LogP contribution is -2.30. The fraction of sp³-hybridized carbons (Fsp3) is 0.387. The van der Waals surface area contributed by atoms with Gasteiger partial charge in [-0.15, -0.1) is 0 Å². The van der Waals surface area contributed by atoms with Gasteiger partial charge in [-0.2, -0.15) is 0 Å². The number of likely N-dealkylation sites (tertiary alicyclic amines) is 1. The van der Waals surface area contributed by atoms with Crippen LogP contribution < -0.4 is 5.32 Å². The van der Waals surface area contributed by atoms with Gasteiger partial charge in [0.25, 0.3) is 5.91 Å². The number of hydrogen-bond acceptors (Lipinski definition) is 3. The summed E-state index contributed by atoms with van der Waals surface area (Å²) >= 11 is 0. The molecule has 0 aliphatic carbocycles. The van der Waals surface area contributed by atoms with Crippen molar-refractivity contribution in [1.29, 1.82) is 0 Å². The predicted molar refractivity (Wildman–Crippen MR) is 151 cm³/mol. The van der Waals surface area contributed by atoms with Crippen molar-refractivity contribution in [2.24, 2.45) is 0 Å². The smallest absolute Gasteiger partial charge is 0.251 e. The third-order valence-corrected chi connectivity index (χ3v) is 7.76. The molecule has 1 aliphatic heterocycles. The van der Waals surface area contributed by atoms with Gasteiger partial charge in [-0.1, -0.05) is 12.1 Å². The number of nitrogens with zero attached hydrogens (tertiary/aromatic N) is 1. The Bertz CT molecular complexity index is 1550. The molecular weight excluding hydrogens is 495 g/mol. The summed E-state index contributed by atoms with van der Waals surface area (Å²) in [6, 6.07) is 10.5. The van der Waals surface area contributed by atoms with Crippen LogP contribution in [-0.2, 0) is 11.2 Å². The van der Waals surface area contributed by atoms with Crippen molar-refractivity contribution < 1.29 is 18.8 Å². The molecule has 39 heavy (non-hydrogen) atoms. The zero-order valence-corrected chi connectivity index (χ0v) is 22.6. The lowest BCUT2D eigenvalue weighted by atomic mass is 9.99. The van der Waals surface area contributed by atoms with Crippen molar-refractivity contribution in [2.75, 3.05) is 19.6 Å². The van der Waals surface area contributed by atoms with E-state index in [1.807, 2.05) is 36.9 Å². The number of benzene rings is 2. The van der Waals surface area contributed by atoms with Crippen molar-refractivity contribution in [1.82, 2.24) is 20.2 Å². The molecule has 7 nitrogen and oxygen atoms in total. The van der Waals surface area contributed by atoms with Crippen LogP contribution in [0.1, 0.15) is 76.2 Å². The van der Waals surface area contributed by atoms with Crippen LogP contribution in [0.5, 0.6) is 0 Å². The molecule has 0 bridgehead atoms. The molecule has 3 N–H and O–H groups in total. The third-order valence-electron chi connectivity index (χ3n) is 7.76. The van der Waals surface area contributed by atoms with Crippen LogP contribution >= 0.6 is 0 Å². The van der Waals surface area contributed by atoms with E-state index < -0.39 is 0 Å². The number of carbonyl (C=O) groups is 3. The van der Waals surface area contributed by atoms with E-state index in [9.17, 15) is 18.8 Å². The lowest BCUT2D eigenvalue weighted by molar-refractivity contribution is -0.127. The molecule has 5 rings (SSSR count). The highest BCUT2D eigenvalue weighted by Crippen LogP contribution is 2.29. The zero-order valence-electron chi connectivity index (χ0n) is 22.6. The highest BCUT2D eigenvalue weighted by molar-refractivity contribution is 6.02. The van der Waals surface area contributed by atoms with Gasteiger partial charge in [0.1, 0.15) is 5.82 Å². The van der Waals surface area contributed by atoms with Crippen molar-refractivity contribution in [3.05, 3.63) is 70.3 Å². The minimum Gasteiger partial charge on any atom is -0.356 e. The molecule has 8 heteroatoms. The summed E-state index contributed by atoms with van der Waals surface area (Å²) in [6.45, 7) is 5.93. The van der Waals surface area contributed by atoms with Gasteiger partial charge >= 0.3 is 0 Å². The quantitative estimate of drug-likeness (QED) is 0.170. The maximum Gasteiger partial charge on any atom is 0.251 e. The molecular formula is C31H35FN4O3. The number of rotatable bonds is 11. The molecule has 1 aliphatic rings. The van der Waals surface area contributed by atoms with Gasteiger partial charge in [-0.25, -0.2) is 4.39 Å². The molecule has 0 spiro atoms. The molecule has 1 fully saturated rings. The van der Waals surface area contributed by atoms with E-state index in [0.29, 0.717) is 42.7 Å². The average Bonchev–Trinajstić information content (AvgIpc) is 3.63. The summed E-state index contributed by atoms with van der Waals surface area (Å²) in [5.74, 6) is -0.184. The van der Waals surface area contributed by atoms with Crippen molar-refractivity contribution in [2.45, 2.75) is 58.8 Å². The molecule has 1 saturated heterocycles. The first kappa shape index (κ1) is 26.7. The number of carbonyl (C=O) groups excluding carboxylic acids is 3. The molecule has 4 aromatic rings. The minimum absolute atomic E-state index is 0.0338. The largest absolute Gasteiger partial charge is 0.356 e. The standard InChI is InChI=1S/C31H35FN4O3/c1-19-10-13-24(32)30-29(19)23(20(2)34-30)7-3-4-8-27(37)26-17-21-11-12-22(18-25(21)35-26)31(39)33-14-6-16-36-15-5-9-28(36)38/h10-13,17-18,34-35H,3-9,14-16H2,1-2H3,(H,33,39). The lowest BCUT2D eigenvalue weighted by Gasteiger charge is -2.15. The number of hydrogen-bond donors (Lipinski definition) is 3. The molecule has 204 valence electrons. The molecule has 2 amide bonds. The average molecular weight is 531 g/mol. The number of fused-ring (bicyclic) bond motifs is 2. The first-order valence-electron chi connectivity index (χ1n) is 13.8. The fourth-order valence-corrected chi connectivity index (χ4v) is 5.61. The van der Waals surface area contributed by atoms with E-state index >= 15 is 0 Å². The SMILES string of the molecule is Cc1[nH]c2c(F)ccc(C)c2c1CCCCC(=O)c1cc2ccc(C(=O)NCCCN3CCCC3=O)cc2[nH]1. The number of aryl methyl sites for hydroxylation is 3. The number of ketones is 1. The van der Waals surface area contributed by atoms with Crippen LogP contribution in [0.4, 0.5) is 4.39 Å². The summed E-state index contributed by atoms with van der Waals surface area (Å²) in [5, 5.41) is 4.76. The van der Waals surface area contributed by atoms with Crippen LogP contribution in [-0.4, -0.2) is 52.1 Å². The van der Waals surface area contributed by atoms with Gasteiger partial charge in [0.15, 0.2) is 5.78 Å². The molecule has 0 radical (unpaired) electrons. The zero-order chi connectivity index (χ0) is 27.5. The van der Waals surface area contributed by atoms with Crippen molar-refractivity contribution >= 4 is 39.4 Å². The normalized spacial score (nSPS) is 13.6. The number of amides is 2. The van der Waals surface area contributed by atoms with Gasteiger partial charge in [0.2, 0.25) is 5.91 Å². The Hall–Kier alpha value is -3.94. The van der Waals surface area contributed by atoms with E-state index in [-0.39, 0.29) is 23.4 Å². The second-order valence-corrected chi connectivity index (χ2v) is 10.6. The highest BCUT2D eigenvalue weighted by atomic mass is 19.1. The summed E-state index contributed by atoms with van der Waals surface area (Å²) in [4.78, 5) is 45.4. The number of halogens is 1. The molecule has 0 saturated carbocycles. The third kappa shape index (κ3) is 5.75. The summed E-state index contributed by atoms with van der Waals surface area (Å²) in [5.41, 5.74) is 5.52. The number of unbranched alkanes of at least 4 members (excludes halogenated alkanes) is 1. The van der Waals surface area contributed by atoms with Gasteiger partial charge in [-0.05, 0) is 81.3 Å². The van der Waals surface area contributed by atoms with Crippen molar-refractivity contribution in [3.8, 4) is 0 Å². The Morgan fingerprint density at radius 3 is 2.69 bits per heavy atom. The van der Waals surface area contributed by atoms with Gasteiger partial charge in [-0.3, -0.25) is 14.4 Å². The van der Waals surface area contributed by atoms with Crippen LogP contribution in [0.15, 0.2) is 36.4 Å². The van der Waals surface area contributed by atoms with Crippen LogP contribution in [0, 0.1) is 19.7 Å². The molecule has 3 heterocycles. The second kappa shape index (κ2) is 11.4. The second-order valence-electron chi connectivity index (χ2n) is 10.6. The molecule has 0 unspecified atom stereocenters. The Morgan fingerprint density at radius 2 is 1.90 bits per heavy atom. The number of aromatic nitrogens is 2. The molecule has 2 aromatic carbocycles. The van der Waals surface area contributed by atoms with E-state index in [1.54, 1.807) is 12.1 Å². The molecule has 2 aromatic heterocycles. The van der Waals surface area contributed by atoms with E-state index in [1.165, 1.54) is 6.07 Å². The summed E-state index contributed by atoms with van der Waals surface area (Å²) in [7, 11) is 0. The summed E-state index contributed by atoms with van der Waals surface area (Å²) < 4.78 is 14.2. The number of Topliss-reactive ketones (excluding diaryl/α,β-unsaturated/α-hetero) is 1. The number of H-pyrrole nitrogens is 2. The van der Waals surface area contributed by atoms with Gasteiger partial charge in [0.05, 0.1) is 11.2 Å². The fourth-order valence-electron chi connectivity index (χ4n) is 5.61. The Morgan fingerprint density at radius 1 is 1.05 bits per heavy atom. The Balaban J connectivity index is 1.13. The first-order valence-corrected chi connectivity index (χ1v) is 13.8. The van der Waals surface area contributed by atoms with Crippen LogP contribution in [0.25, 0.3) is 21.8 Å². The van der Waals surface area contributed by atoms with Crippen LogP contribution in [0.3, 0.4) is 0 Å². The van der Waals surface area contributed by atoms with Crippen molar-refractivity contribution in [3.63, 3.8) is 0 Å². The number of aromatic amines is 2. The van der Waals surface area contributed by atoms with E-state index in [2.05, 4.69) is 15.3 Å². The first-order chi connectivity index (χ1) is 18.8. The Kier molecular flexibility index (Phi) is 7.82. The monoisotopic (exact) mass is 530 g/mol. The molecule has 0 atom stereocenters. The minimum atomic E-state index is -0.241. The van der Waals surface area contributed by atoms with Crippen LogP contribution in [0.2, 0.25) is 0 Å². The summed E-state index contributed by atoms with van der Waals surface area (Å²) in [6.07, 6.45) is 5.00. The topological polar surface area (TPSA) is 98.1 Å². The maximum atomic E-state index is 14.2. The van der Waals surface area contributed by atoms with Gasteiger partial charge < -0.3 is 20.2 Å². The number of nitrogens with one attached hydrogen (secondary N) is 3. The van der Waals surface area contributed by atoms with E-state index in [4.69, 9.17) is 0 Å². The van der Waals surface area contributed by atoms with Gasteiger partial charge in [0, 0.05) is 60.0 Å². The predicted octanol–water partition coefficient (Wildman–Crippen LogP) is 5.74. The highest BCUT2D eigenvalue weighted by Gasteiger charge is 2.19. The maximum absolute atomic E-state index is 14.2. The Labute approximate surface area is 227 Å². The van der Waals surface area contributed by atoms with E-state index in [0.717, 1.165) is 71.8 Å².